The number of aldehydes is 1. The third-order valence-electron chi connectivity index (χ3n) is 2.02. The fourth-order valence-corrected chi connectivity index (χ4v) is 1.32. The minimum absolute atomic E-state index is 0.0121. The molecule has 0 spiro atoms. The Morgan fingerprint density at radius 3 is 2.50 bits per heavy atom. The van der Waals surface area contributed by atoms with Crippen molar-refractivity contribution in [1.29, 1.82) is 0 Å². The van der Waals surface area contributed by atoms with E-state index in [0.717, 1.165) is 12.1 Å². The topological polar surface area (TPSA) is 86.5 Å². The molecular formula is C10H9NO5. The smallest absolute Gasteiger partial charge is 0.271 e. The van der Waals surface area contributed by atoms with Gasteiger partial charge in [0.2, 0.25) is 0 Å². The number of hydrogen-bond donors (Lipinski definition) is 0. The Morgan fingerprint density at radius 1 is 1.50 bits per heavy atom. The molecule has 0 aliphatic rings. The fraction of sp³-hybridized carbons (Fsp3) is 0.200. The van der Waals surface area contributed by atoms with Crippen LogP contribution in [0.2, 0.25) is 0 Å². The molecule has 6 heteroatoms. The molecule has 0 heterocycles. The molecule has 16 heavy (non-hydrogen) atoms. The van der Waals surface area contributed by atoms with E-state index in [1.165, 1.54) is 14.0 Å². The number of Topliss-reactive ketones (excluding diaryl/α,β-unsaturated/α-hetero) is 1. The van der Waals surface area contributed by atoms with Crippen molar-refractivity contribution >= 4 is 17.8 Å². The first-order valence-corrected chi connectivity index (χ1v) is 4.33. The van der Waals surface area contributed by atoms with Crippen molar-refractivity contribution in [3.05, 3.63) is 33.4 Å². The second kappa shape index (κ2) is 4.52. The van der Waals surface area contributed by atoms with E-state index in [1.807, 2.05) is 0 Å². The van der Waals surface area contributed by atoms with E-state index >= 15 is 0 Å². The molecule has 1 rings (SSSR count). The Labute approximate surface area is 91.0 Å². The number of non-ortho nitro benzene ring substituents is 1. The second-order valence-corrected chi connectivity index (χ2v) is 3.05. The molecule has 84 valence electrons. The van der Waals surface area contributed by atoms with Crippen molar-refractivity contribution < 1.29 is 19.2 Å². The number of nitrogens with zero attached hydrogens (tertiary/aromatic N) is 1. The zero-order valence-electron chi connectivity index (χ0n) is 8.72. The van der Waals surface area contributed by atoms with Crippen LogP contribution in [-0.2, 0) is 0 Å². The van der Waals surface area contributed by atoms with Crippen LogP contribution in [0.4, 0.5) is 5.69 Å². The van der Waals surface area contributed by atoms with Crippen molar-refractivity contribution in [3.8, 4) is 5.75 Å². The van der Waals surface area contributed by atoms with E-state index in [4.69, 9.17) is 4.74 Å². The van der Waals surface area contributed by atoms with E-state index in [9.17, 15) is 19.7 Å². The quantitative estimate of drug-likeness (QED) is 0.335. The lowest BCUT2D eigenvalue weighted by Crippen LogP contribution is -2.03. The first-order chi connectivity index (χ1) is 7.51. The molecule has 1 aromatic rings. The highest BCUT2D eigenvalue weighted by molar-refractivity contribution is 6.00. The molecule has 0 bridgehead atoms. The molecule has 1 aromatic carbocycles. The Morgan fingerprint density at radius 2 is 2.12 bits per heavy atom. The van der Waals surface area contributed by atoms with Crippen LogP contribution in [0, 0.1) is 10.1 Å². The minimum atomic E-state index is -0.668. The van der Waals surface area contributed by atoms with Crippen LogP contribution in [0.25, 0.3) is 0 Å². The van der Waals surface area contributed by atoms with Gasteiger partial charge in [-0.25, -0.2) is 0 Å². The Kier molecular flexibility index (Phi) is 3.34. The summed E-state index contributed by atoms with van der Waals surface area (Å²) in [7, 11) is 1.29. The largest absolute Gasteiger partial charge is 0.495 e. The molecule has 0 unspecified atom stereocenters. The van der Waals surface area contributed by atoms with Gasteiger partial charge in [-0.05, 0) is 6.92 Å². The molecule has 0 aromatic heterocycles. The maximum Gasteiger partial charge on any atom is 0.271 e. The number of ketones is 1. The number of nitro groups is 1. The number of hydrogen-bond acceptors (Lipinski definition) is 5. The monoisotopic (exact) mass is 223 g/mol. The van der Waals surface area contributed by atoms with Gasteiger partial charge in [0.05, 0.1) is 23.2 Å². The zero-order chi connectivity index (χ0) is 12.3. The van der Waals surface area contributed by atoms with Gasteiger partial charge in [-0.3, -0.25) is 19.7 Å². The van der Waals surface area contributed by atoms with E-state index in [1.54, 1.807) is 0 Å². The summed E-state index contributed by atoms with van der Waals surface area (Å²) >= 11 is 0. The Bertz CT molecular complexity index is 467. The van der Waals surface area contributed by atoms with Crippen LogP contribution in [0.1, 0.15) is 27.6 Å². The lowest BCUT2D eigenvalue weighted by molar-refractivity contribution is -0.384. The number of benzene rings is 1. The molecule has 0 aliphatic heterocycles. The lowest BCUT2D eigenvalue weighted by Gasteiger charge is -2.07. The van der Waals surface area contributed by atoms with Crippen molar-refractivity contribution in [2.45, 2.75) is 6.92 Å². The van der Waals surface area contributed by atoms with Crippen LogP contribution in [0.15, 0.2) is 12.1 Å². The number of methoxy groups -OCH3 is 1. The van der Waals surface area contributed by atoms with Crippen molar-refractivity contribution in [3.63, 3.8) is 0 Å². The van der Waals surface area contributed by atoms with Gasteiger partial charge >= 0.3 is 0 Å². The van der Waals surface area contributed by atoms with Crippen LogP contribution in [0.3, 0.4) is 0 Å². The van der Waals surface area contributed by atoms with Gasteiger partial charge < -0.3 is 4.74 Å². The van der Waals surface area contributed by atoms with Crippen LogP contribution >= 0.6 is 0 Å². The van der Waals surface area contributed by atoms with Gasteiger partial charge in [0, 0.05) is 12.1 Å². The van der Waals surface area contributed by atoms with Crippen molar-refractivity contribution in [2.24, 2.45) is 0 Å². The molecular weight excluding hydrogens is 214 g/mol. The summed E-state index contributed by atoms with van der Waals surface area (Å²) in [5.74, 6) is -0.336. The number of carbonyl (C=O) groups excluding carboxylic acids is 2. The maximum atomic E-state index is 11.2. The highest BCUT2D eigenvalue weighted by Crippen LogP contribution is 2.28. The fourth-order valence-electron chi connectivity index (χ4n) is 1.32. The first-order valence-electron chi connectivity index (χ1n) is 4.33. The van der Waals surface area contributed by atoms with Crippen molar-refractivity contribution in [2.75, 3.05) is 7.11 Å². The van der Waals surface area contributed by atoms with E-state index in [0.29, 0.717) is 6.29 Å². The van der Waals surface area contributed by atoms with Gasteiger partial charge in [0.25, 0.3) is 5.69 Å². The zero-order valence-corrected chi connectivity index (χ0v) is 8.72. The third-order valence-corrected chi connectivity index (χ3v) is 2.02. The predicted molar refractivity (Wildman–Crippen MR) is 55.0 cm³/mol. The summed E-state index contributed by atoms with van der Waals surface area (Å²) in [5, 5.41) is 10.6. The van der Waals surface area contributed by atoms with Gasteiger partial charge in [-0.15, -0.1) is 0 Å². The normalized spacial score (nSPS) is 9.62. The van der Waals surface area contributed by atoms with Crippen molar-refractivity contribution in [1.82, 2.24) is 0 Å². The Hall–Kier alpha value is -2.24. The number of ether oxygens (including phenoxy) is 1. The van der Waals surface area contributed by atoms with Crippen LogP contribution < -0.4 is 4.74 Å². The van der Waals surface area contributed by atoms with Gasteiger partial charge in [0.1, 0.15) is 5.75 Å². The molecule has 0 saturated heterocycles. The van der Waals surface area contributed by atoms with Crippen LogP contribution in [-0.4, -0.2) is 24.1 Å². The molecule has 6 nitrogen and oxygen atoms in total. The van der Waals surface area contributed by atoms with E-state index in [2.05, 4.69) is 0 Å². The molecule has 0 saturated carbocycles. The Balaban J connectivity index is 3.55. The molecule has 0 atom stereocenters. The molecule has 0 fully saturated rings. The van der Waals surface area contributed by atoms with E-state index in [-0.39, 0.29) is 22.6 Å². The van der Waals surface area contributed by atoms with Crippen LogP contribution in [0.5, 0.6) is 5.75 Å². The standard InChI is InChI=1S/C10H9NO5/c1-6(13)9-4-8(11(14)15)3-7(5-12)10(9)16-2/h3-5H,1-2H3. The summed E-state index contributed by atoms with van der Waals surface area (Å²) in [6.45, 7) is 1.25. The first kappa shape index (κ1) is 11.8. The molecule has 0 radical (unpaired) electrons. The highest BCUT2D eigenvalue weighted by Gasteiger charge is 2.19. The third kappa shape index (κ3) is 2.05. The summed E-state index contributed by atoms with van der Waals surface area (Å²) in [6, 6.07) is 2.16. The molecule has 0 N–H and O–H groups in total. The minimum Gasteiger partial charge on any atom is -0.495 e. The van der Waals surface area contributed by atoms with Gasteiger partial charge in [-0.2, -0.15) is 0 Å². The molecule has 0 amide bonds. The highest BCUT2D eigenvalue weighted by atomic mass is 16.6. The number of nitro benzene ring substituents is 1. The maximum absolute atomic E-state index is 11.2. The predicted octanol–water partition coefficient (Wildman–Crippen LogP) is 1.62. The SMILES string of the molecule is COc1c(C=O)cc([N+](=O)[O-])cc1C(C)=O. The second-order valence-electron chi connectivity index (χ2n) is 3.05. The van der Waals surface area contributed by atoms with E-state index < -0.39 is 10.7 Å². The summed E-state index contributed by atoms with van der Waals surface area (Å²) in [6.07, 6.45) is 0.415. The summed E-state index contributed by atoms with van der Waals surface area (Å²) in [5.41, 5.74) is -0.297. The average Bonchev–Trinajstić information content (AvgIpc) is 2.26. The average molecular weight is 223 g/mol. The van der Waals surface area contributed by atoms with Gasteiger partial charge in [0.15, 0.2) is 12.1 Å². The molecule has 0 aliphatic carbocycles. The summed E-state index contributed by atoms with van der Waals surface area (Å²) < 4.78 is 4.89. The number of rotatable bonds is 4. The van der Waals surface area contributed by atoms with Gasteiger partial charge in [-0.1, -0.05) is 0 Å². The lowest BCUT2D eigenvalue weighted by atomic mass is 10.1. The number of carbonyl (C=O) groups is 2. The summed E-state index contributed by atoms with van der Waals surface area (Å²) in [4.78, 5) is 31.9.